The van der Waals surface area contributed by atoms with E-state index in [9.17, 15) is 5.11 Å². The maximum Gasteiger partial charge on any atom is 0.225 e. The third-order valence-corrected chi connectivity index (χ3v) is 7.58. The zero-order valence-corrected chi connectivity index (χ0v) is 20.7. The van der Waals surface area contributed by atoms with E-state index in [0.717, 1.165) is 85.2 Å². The van der Waals surface area contributed by atoms with E-state index in [2.05, 4.69) is 51.2 Å². The molecule has 2 aliphatic rings. The van der Waals surface area contributed by atoms with Crippen LogP contribution in [0.2, 0.25) is 0 Å². The molecule has 2 saturated heterocycles. The highest BCUT2D eigenvalue weighted by Gasteiger charge is 2.30. The first-order chi connectivity index (χ1) is 17.7. The first-order valence-corrected chi connectivity index (χ1v) is 12.9. The Balaban J connectivity index is 1.21. The summed E-state index contributed by atoms with van der Waals surface area (Å²) < 4.78 is 0. The number of para-hydroxylation sites is 1. The molecule has 184 valence electrons. The van der Waals surface area contributed by atoms with E-state index < -0.39 is 0 Å². The van der Waals surface area contributed by atoms with E-state index in [1.165, 1.54) is 5.39 Å². The van der Waals surface area contributed by atoms with Crippen LogP contribution in [0.5, 0.6) is 0 Å². The standard InChI is InChI=1S/C29H32N6O/c1-20-6-7-24(15-30-20)25-16-31-29(34-12-10-21(19-36)11-13-34)33-27(25)14-22-17-35(18-22)28-9-8-23-4-2-3-5-26(23)32-28/h2-9,15-16,21-22,36H,10-14,17-19H2,1H3. The minimum atomic E-state index is 0.267. The summed E-state index contributed by atoms with van der Waals surface area (Å²) in [5.74, 6) is 2.75. The highest BCUT2D eigenvalue weighted by atomic mass is 16.3. The van der Waals surface area contributed by atoms with Gasteiger partial charge in [-0.05, 0) is 62.3 Å². The molecule has 1 aromatic carbocycles. The topological polar surface area (TPSA) is 78.3 Å². The number of aromatic nitrogens is 4. The zero-order valence-electron chi connectivity index (χ0n) is 20.7. The summed E-state index contributed by atoms with van der Waals surface area (Å²) in [6.07, 6.45) is 6.76. The number of nitrogens with zero attached hydrogens (tertiary/aromatic N) is 6. The van der Waals surface area contributed by atoms with Crippen molar-refractivity contribution >= 4 is 22.7 Å². The molecule has 5 heterocycles. The van der Waals surface area contributed by atoms with Crippen LogP contribution < -0.4 is 9.80 Å². The Morgan fingerprint density at radius 3 is 2.47 bits per heavy atom. The molecule has 7 nitrogen and oxygen atoms in total. The second-order valence-corrected chi connectivity index (χ2v) is 10.2. The minimum absolute atomic E-state index is 0.267. The Morgan fingerprint density at radius 1 is 0.861 bits per heavy atom. The maximum absolute atomic E-state index is 9.50. The summed E-state index contributed by atoms with van der Waals surface area (Å²) in [5.41, 5.74) is 5.26. The number of hydrogen-bond donors (Lipinski definition) is 1. The van der Waals surface area contributed by atoms with Crippen LogP contribution in [0.3, 0.4) is 0 Å². The molecule has 0 unspecified atom stereocenters. The number of benzene rings is 1. The molecule has 1 N–H and O–H groups in total. The molecule has 0 aliphatic carbocycles. The molecule has 4 aromatic rings. The Bertz CT molecular complexity index is 1340. The fourth-order valence-electron chi connectivity index (χ4n) is 5.29. The molecular weight excluding hydrogens is 448 g/mol. The predicted octanol–water partition coefficient (Wildman–Crippen LogP) is 4.28. The van der Waals surface area contributed by atoms with Crippen molar-refractivity contribution < 1.29 is 5.11 Å². The van der Waals surface area contributed by atoms with Crippen molar-refractivity contribution in [3.63, 3.8) is 0 Å². The summed E-state index contributed by atoms with van der Waals surface area (Å²) in [4.78, 5) is 23.9. The summed E-state index contributed by atoms with van der Waals surface area (Å²) in [5, 5.41) is 10.7. The molecule has 0 spiro atoms. The van der Waals surface area contributed by atoms with E-state index in [0.29, 0.717) is 11.8 Å². The van der Waals surface area contributed by atoms with Gasteiger partial charge >= 0.3 is 0 Å². The lowest BCUT2D eigenvalue weighted by Crippen LogP contribution is -2.48. The molecule has 3 aromatic heterocycles. The van der Waals surface area contributed by atoms with E-state index in [1.807, 2.05) is 31.5 Å². The highest BCUT2D eigenvalue weighted by Crippen LogP contribution is 2.31. The van der Waals surface area contributed by atoms with E-state index in [4.69, 9.17) is 15.0 Å². The SMILES string of the molecule is Cc1ccc(-c2cnc(N3CCC(CO)CC3)nc2CC2CN(c3ccc4ccccc4n3)C2)cn1. The Morgan fingerprint density at radius 2 is 1.69 bits per heavy atom. The number of rotatable bonds is 6. The summed E-state index contributed by atoms with van der Waals surface area (Å²) in [7, 11) is 0. The average molecular weight is 481 g/mol. The van der Waals surface area contributed by atoms with Crippen LogP contribution in [0, 0.1) is 18.8 Å². The van der Waals surface area contributed by atoms with Gasteiger partial charge in [0.2, 0.25) is 5.95 Å². The highest BCUT2D eigenvalue weighted by molar-refractivity contribution is 5.80. The first-order valence-electron chi connectivity index (χ1n) is 12.9. The van der Waals surface area contributed by atoms with Crippen molar-refractivity contribution in [2.24, 2.45) is 11.8 Å². The van der Waals surface area contributed by atoms with Gasteiger partial charge in [0.15, 0.2) is 0 Å². The number of aliphatic hydroxyl groups is 1. The molecule has 0 radical (unpaired) electrons. The van der Waals surface area contributed by atoms with Crippen molar-refractivity contribution in [3.8, 4) is 11.1 Å². The summed E-state index contributed by atoms with van der Waals surface area (Å²) >= 11 is 0. The average Bonchev–Trinajstić information content (AvgIpc) is 2.91. The predicted molar refractivity (Wildman–Crippen MR) is 143 cm³/mol. The fraction of sp³-hybridized carbons (Fsp3) is 0.379. The van der Waals surface area contributed by atoms with Crippen molar-refractivity contribution in [1.29, 1.82) is 0 Å². The van der Waals surface area contributed by atoms with Gasteiger partial charge in [-0.2, -0.15) is 0 Å². The zero-order chi connectivity index (χ0) is 24.5. The Hall–Kier alpha value is -3.58. The number of aryl methyl sites for hydroxylation is 1. The van der Waals surface area contributed by atoms with Crippen LogP contribution in [0.15, 0.2) is 60.9 Å². The van der Waals surface area contributed by atoms with Gasteiger partial charge in [0.1, 0.15) is 5.82 Å². The van der Waals surface area contributed by atoms with Gasteiger partial charge in [0.25, 0.3) is 0 Å². The van der Waals surface area contributed by atoms with Crippen LogP contribution in [0.25, 0.3) is 22.0 Å². The number of fused-ring (bicyclic) bond motifs is 1. The van der Waals surface area contributed by atoms with Gasteiger partial charge in [0, 0.05) is 67.4 Å². The van der Waals surface area contributed by atoms with Gasteiger partial charge in [-0.15, -0.1) is 0 Å². The molecular formula is C29H32N6O. The van der Waals surface area contributed by atoms with Crippen molar-refractivity contribution in [2.45, 2.75) is 26.2 Å². The van der Waals surface area contributed by atoms with Crippen LogP contribution >= 0.6 is 0 Å². The van der Waals surface area contributed by atoms with Crippen LogP contribution in [-0.2, 0) is 6.42 Å². The second-order valence-electron chi connectivity index (χ2n) is 10.2. The summed E-state index contributed by atoms with van der Waals surface area (Å²) in [6.45, 7) is 5.99. The largest absolute Gasteiger partial charge is 0.396 e. The second kappa shape index (κ2) is 9.82. The Kier molecular flexibility index (Phi) is 6.23. The van der Waals surface area contributed by atoms with Crippen molar-refractivity contribution in [3.05, 3.63) is 72.3 Å². The van der Waals surface area contributed by atoms with Crippen molar-refractivity contribution in [2.75, 3.05) is 42.6 Å². The number of hydrogen-bond acceptors (Lipinski definition) is 7. The van der Waals surface area contributed by atoms with Gasteiger partial charge in [0.05, 0.1) is 11.2 Å². The molecule has 0 bridgehead atoms. The smallest absolute Gasteiger partial charge is 0.225 e. The van der Waals surface area contributed by atoms with E-state index in [-0.39, 0.29) is 6.61 Å². The lowest BCUT2D eigenvalue weighted by molar-refractivity contribution is 0.202. The van der Waals surface area contributed by atoms with E-state index in [1.54, 1.807) is 0 Å². The number of piperidine rings is 1. The number of anilines is 2. The lowest BCUT2D eigenvalue weighted by Gasteiger charge is -2.40. The van der Waals surface area contributed by atoms with Gasteiger partial charge in [-0.3, -0.25) is 4.98 Å². The molecule has 36 heavy (non-hydrogen) atoms. The van der Waals surface area contributed by atoms with Crippen LogP contribution in [0.1, 0.15) is 24.2 Å². The molecule has 7 heteroatoms. The summed E-state index contributed by atoms with van der Waals surface area (Å²) in [6, 6.07) is 16.7. The van der Waals surface area contributed by atoms with Gasteiger partial charge in [-0.1, -0.05) is 24.3 Å². The van der Waals surface area contributed by atoms with Gasteiger partial charge in [-0.25, -0.2) is 15.0 Å². The van der Waals surface area contributed by atoms with Crippen LogP contribution in [-0.4, -0.2) is 57.8 Å². The molecule has 0 amide bonds. The van der Waals surface area contributed by atoms with Crippen LogP contribution in [0.4, 0.5) is 11.8 Å². The quantitative estimate of drug-likeness (QED) is 0.441. The third-order valence-electron chi connectivity index (χ3n) is 7.58. The maximum atomic E-state index is 9.50. The monoisotopic (exact) mass is 480 g/mol. The number of aliphatic hydroxyl groups excluding tert-OH is 1. The number of pyridine rings is 2. The van der Waals surface area contributed by atoms with Crippen molar-refractivity contribution in [1.82, 2.24) is 19.9 Å². The molecule has 0 atom stereocenters. The molecule has 2 aliphatic heterocycles. The van der Waals surface area contributed by atoms with E-state index >= 15 is 0 Å². The Labute approximate surface area is 211 Å². The first kappa shape index (κ1) is 22.9. The minimum Gasteiger partial charge on any atom is -0.396 e. The lowest BCUT2D eigenvalue weighted by atomic mass is 9.91. The molecule has 2 fully saturated rings. The molecule has 6 rings (SSSR count). The third kappa shape index (κ3) is 4.63. The normalized spacial score (nSPS) is 16.9. The van der Waals surface area contributed by atoms with Gasteiger partial charge < -0.3 is 14.9 Å². The fourth-order valence-corrected chi connectivity index (χ4v) is 5.29. The molecule has 0 saturated carbocycles.